The molecule has 0 saturated carbocycles. The van der Waals surface area contributed by atoms with Crippen LogP contribution in [-0.2, 0) is 11.0 Å². The standard InChI is InChI=1S/C23H20F4N4O3/c1-34-19-10-9-14(12-18(19)30-11-5-4-8-20(30)32)29-22(33)15-13-28-31(21(15)23(25,26)27)17-7-3-2-6-16(17)24/h2-3,6-7,9-10,12-13H,4-5,8,11H2,1H3,(H,29,33). The number of piperidine rings is 1. The van der Waals surface area contributed by atoms with Gasteiger partial charge < -0.3 is 15.0 Å². The van der Waals surface area contributed by atoms with Gasteiger partial charge in [-0.05, 0) is 43.2 Å². The van der Waals surface area contributed by atoms with Crippen molar-refractivity contribution in [2.45, 2.75) is 25.4 Å². The Morgan fingerprint density at radius 2 is 1.88 bits per heavy atom. The summed E-state index contributed by atoms with van der Waals surface area (Å²) in [6.07, 6.45) is -2.33. The fraction of sp³-hybridized carbons (Fsp3) is 0.261. The molecule has 0 atom stereocenters. The van der Waals surface area contributed by atoms with Crippen LogP contribution in [0.4, 0.5) is 28.9 Å². The van der Waals surface area contributed by atoms with E-state index in [9.17, 15) is 27.2 Å². The Morgan fingerprint density at radius 1 is 1.12 bits per heavy atom. The topological polar surface area (TPSA) is 76.5 Å². The predicted molar refractivity (Wildman–Crippen MR) is 116 cm³/mol. The number of carbonyl (C=O) groups excluding carboxylic acids is 2. The first-order valence-electron chi connectivity index (χ1n) is 10.4. The molecule has 3 aromatic rings. The highest BCUT2D eigenvalue weighted by molar-refractivity contribution is 6.06. The number of carbonyl (C=O) groups is 2. The Balaban J connectivity index is 1.69. The second kappa shape index (κ2) is 9.16. The lowest BCUT2D eigenvalue weighted by molar-refractivity contribution is -0.143. The van der Waals surface area contributed by atoms with Crippen LogP contribution < -0.4 is 15.0 Å². The van der Waals surface area contributed by atoms with Crippen molar-refractivity contribution in [3.63, 3.8) is 0 Å². The summed E-state index contributed by atoms with van der Waals surface area (Å²) < 4.78 is 61.5. The summed E-state index contributed by atoms with van der Waals surface area (Å²) in [6.45, 7) is 0.459. The van der Waals surface area contributed by atoms with Gasteiger partial charge in [0.05, 0.1) is 24.6 Å². The molecule has 34 heavy (non-hydrogen) atoms. The SMILES string of the molecule is COc1ccc(NC(=O)c2cnn(-c3ccccc3F)c2C(F)(F)F)cc1N1CCCCC1=O. The number of alkyl halides is 3. The number of hydrogen-bond acceptors (Lipinski definition) is 4. The fourth-order valence-electron chi connectivity index (χ4n) is 3.83. The maximum Gasteiger partial charge on any atom is 0.434 e. The third-order valence-electron chi connectivity index (χ3n) is 5.41. The minimum absolute atomic E-state index is 0.112. The average molecular weight is 476 g/mol. The van der Waals surface area contributed by atoms with Crippen molar-refractivity contribution in [1.82, 2.24) is 9.78 Å². The third kappa shape index (κ3) is 4.45. The molecule has 0 aliphatic carbocycles. The van der Waals surface area contributed by atoms with E-state index < -0.39 is 34.8 Å². The molecular weight excluding hydrogens is 456 g/mol. The zero-order valence-electron chi connectivity index (χ0n) is 18.0. The maximum absolute atomic E-state index is 14.2. The molecule has 0 radical (unpaired) electrons. The van der Waals surface area contributed by atoms with Crippen LogP contribution in [0.5, 0.6) is 5.75 Å². The quantitative estimate of drug-likeness (QED) is 0.537. The summed E-state index contributed by atoms with van der Waals surface area (Å²) in [5, 5.41) is 6.04. The van der Waals surface area contributed by atoms with E-state index in [2.05, 4.69) is 10.4 Å². The second-order valence-electron chi connectivity index (χ2n) is 7.61. The van der Waals surface area contributed by atoms with Gasteiger partial charge >= 0.3 is 6.18 Å². The van der Waals surface area contributed by atoms with Gasteiger partial charge in [0.2, 0.25) is 5.91 Å². The maximum atomic E-state index is 14.2. The summed E-state index contributed by atoms with van der Waals surface area (Å²) in [7, 11) is 1.43. The first kappa shape index (κ1) is 23.3. The number of ether oxygens (including phenoxy) is 1. The van der Waals surface area contributed by atoms with Crippen LogP contribution in [0.3, 0.4) is 0 Å². The first-order chi connectivity index (χ1) is 16.2. The Hall–Kier alpha value is -3.89. The molecule has 1 N–H and O–H groups in total. The number of nitrogens with zero attached hydrogens (tertiary/aromatic N) is 3. The number of halogens is 4. The summed E-state index contributed by atoms with van der Waals surface area (Å²) in [6, 6.07) is 9.25. The van der Waals surface area contributed by atoms with E-state index in [0.717, 1.165) is 31.2 Å². The molecule has 178 valence electrons. The fourth-order valence-corrected chi connectivity index (χ4v) is 3.83. The van der Waals surface area contributed by atoms with Gasteiger partial charge in [0.15, 0.2) is 5.69 Å². The minimum atomic E-state index is -4.99. The van der Waals surface area contributed by atoms with Gasteiger partial charge in [-0.2, -0.15) is 18.3 Å². The molecule has 0 unspecified atom stereocenters. The van der Waals surface area contributed by atoms with Gasteiger partial charge in [0.25, 0.3) is 5.91 Å². The number of rotatable bonds is 5. The van der Waals surface area contributed by atoms with E-state index in [-0.39, 0.29) is 11.6 Å². The molecule has 0 spiro atoms. The van der Waals surface area contributed by atoms with Crippen LogP contribution in [-0.4, -0.2) is 35.2 Å². The molecular formula is C23H20F4N4O3. The highest BCUT2D eigenvalue weighted by atomic mass is 19.4. The van der Waals surface area contributed by atoms with Gasteiger partial charge in [-0.3, -0.25) is 9.59 Å². The highest BCUT2D eigenvalue weighted by Crippen LogP contribution is 2.36. The van der Waals surface area contributed by atoms with E-state index in [0.29, 0.717) is 29.1 Å². The number of hydrogen-bond donors (Lipinski definition) is 1. The Morgan fingerprint density at radius 3 is 2.56 bits per heavy atom. The van der Waals surface area contributed by atoms with E-state index >= 15 is 0 Å². The molecule has 1 fully saturated rings. The second-order valence-corrected chi connectivity index (χ2v) is 7.61. The van der Waals surface area contributed by atoms with Crippen molar-refractivity contribution < 1.29 is 31.9 Å². The largest absolute Gasteiger partial charge is 0.495 e. The lowest BCUT2D eigenvalue weighted by atomic mass is 10.1. The number of anilines is 2. The van der Waals surface area contributed by atoms with Gasteiger partial charge in [-0.15, -0.1) is 0 Å². The lowest BCUT2D eigenvalue weighted by Crippen LogP contribution is -2.35. The minimum Gasteiger partial charge on any atom is -0.495 e. The van der Waals surface area contributed by atoms with Crippen LogP contribution in [0.1, 0.15) is 35.3 Å². The van der Waals surface area contributed by atoms with Crippen molar-refractivity contribution in [2.75, 3.05) is 23.9 Å². The summed E-state index contributed by atoms with van der Waals surface area (Å²) in [4.78, 5) is 26.7. The van der Waals surface area contributed by atoms with Gasteiger partial charge in [-0.1, -0.05) is 12.1 Å². The summed E-state index contributed by atoms with van der Waals surface area (Å²) in [5.74, 6) is -1.74. The van der Waals surface area contributed by atoms with E-state index in [4.69, 9.17) is 4.74 Å². The van der Waals surface area contributed by atoms with E-state index in [1.807, 2.05) is 0 Å². The summed E-state index contributed by atoms with van der Waals surface area (Å²) >= 11 is 0. The zero-order chi connectivity index (χ0) is 24.5. The van der Waals surface area contributed by atoms with E-state index in [1.165, 1.54) is 42.3 Å². The van der Waals surface area contributed by atoms with Crippen LogP contribution >= 0.6 is 0 Å². The molecule has 4 rings (SSSR count). The Kier molecular flexibility index (Phi) is 6.27. The van der Waals surface area contributed by atoms with Crippen molar-refractivity contribution in [3.8, 4) is 11.4 Å². The smallest absolute Gasteiger partial charge is 0.434 e. The Bertz CT molecular complexity index is 1240. The van der Waals surface area contributed by atoms with Crippen LogP contribution in [0, 0.1) is 5.82 Å². The predicted octanol–water partition coefficient (Wildman–Crippen LogP) is 4.81. The van der Waals surface area contributed by atoms with Gasteiger partial charge in [-0.25, -0.2) is 9.07 Å². The zero-order valence-corrected chi connectivity index (χ0v) is 18.0. The molecule has 1 aliphatic heterocycles. The van der Waals surface area contributed by atoms with Gasteiger partial charge in [0.1, 0.15) is 17.3 Å². The first-order valence-corrected chi connectivity index (χ1v) is 10.4. The molecule has 1 saturated heterocycles. The van der Waals surface area contributed by atoms with Crippen LogP contribution in [0.2, 0.25) is 0 Å². The molecule has 2 amide bonds. The van der Waals surface area contributed by atoms with Crippen molar-refractivity contribution in [3.05, 3.63) is 65.7 Å². The molecule has 11 heteroatoms. The number of aromatic nitrogens is 2. The van der Waals surface area contributed by atoms with E-state index in [1.54, 1.807) is 0 Å². The number of amides is 2. The summed E-state index contributed by atoms with van der Waals surface area (Å²) in [5.41, 5.74) is -2.06. The molecule has 1 aliphatic rings. The lowest BCUT2D eigenvalue weighted by Gasteiger charge is -2.28. The molecule has 2 heterocycles. The highest BCUT2D eigenvalue weighted by Gasteiger charge is 2.41. The van der Waals surface area contributed by atoms with Crippen LogP contribution in [0.25, 0.3) is 5.69 Å². The number of benzene rings is 2. The van der Waals surface area contributed by atoms with Crippen LogP contribution in [0.15, 0.2) is 48.7 Å². The monoisotopic (exact) mass is 476 g/mol. The van der Waals surface area contributed by atoms with Crippen molar-refractivity contribution in [2.24, 2.45) is 0 Å². The average Bonchev–Trinajstić information content (AvgIpc) is 3.25. The molecule has 1 aromatic heterocycles. The number of para-hydroxylation sites is 1. The normalized spacial score (nSPS) is 14.3. The van der Waals surface area contributed by atoms with Crippen molar-refractivity contribution in [1.29, 1.82) is 0 Å². The molecule has 0 bridgehead atoms. The van der Waals surface area contributed by atoms with Crippen molar-refractivity contribution >= 4 is 23.2 Å². The number of nitrogens with one attached hydrogen (secondary N) is 1. The Labute approximate surface area is 191 Å². The molecule has 7 nitrogen and oxygen atoms in total. The number of methoxy groups -OCH3 is 1. The third-order valence-corrected chi connectivity index (χ3v) is 5.41. The van der Waals surface area contributed by atoms with Gasteiger partial charge in [0, 0.05) is 18.7 Å². The molecule has 2 aromatic carbocycles.